The highest BCUT2D eigenvalue weighted by Gasteiger charge is 2.49. The average molecular weight is 1400 g/mol. The van der Waals surface area contributed by atoms with Crippen molar-refractivity contribution >= 4 is 144 Å². The number of nitrogens with zero attached hydrogens (tertiary/aromatic N) is 4. The lowest BCUT2D eigenvalue weighted by molar-refractivity contribution is 0.590. The standard InChI is InChI=1S/C102H79BN4O/c1-100(2,3)69-54-78(62-29-14-10-15-30-62)96(79(55-69)63-31-16-11-17-32-63)106-87-61-73(105-86-44-27-24-41-76(86)94-77-50-47-67-38-28-37-66-45-46-68(53-88(94)105)93(77)92(66)67)48-51-83(87)103-95-89(106)58-71(102(7,8)9)59-90(95)107(97-80(64-33-18-12-19-34-64)56-70(101(4,5)6)57-81(97)65-35-20-13-21-36-65)98-82-60-72(49-52-91(82)108-99(98)103)104-84-42-25-22-39-74(84)75-40-23-26-43-85(75)104/h10-61H,1-9H3/i22D,23D,25D,26D,39D,40D,42D,43D,48D,51D,61D. The first kappa shape index (κ1) is 53.2. The summed E-state index contributed by atoms with van der Waals surface area (Å²) < 4.78 is 122. The number of rotatable bonds is 8. The molecule has 516 valence electrons. The van der Waals surface area contributed by atoms with E-state index in [0.717, 1.165) is 132 Å². The Morgan fingerprint density at radius 1 is 0.324 bits per heavy atom. The monoisotopic (exact) mass is 1400 g/mol. The van der Waals surface area contributed by atoms with Gasteiger partial charge in [-0.1, -0.05) is 287 Å². The summed E-state index contributed by atoms with van der Waals surface area (Å²) in [5, 5.41) is 8.87. The first-order valence-corrected chi connectivity index (χ1v) is 37.3. The predicted molar refractivity (Wildman–Crippen MR) is 460 cm³/mol. The molecule has 19 aromatic rings. The third-order valence-corrected chi connectivity index (χ3v) is 22.8. The first-order chi connectivity index (χ1) is 57.1. The van der Waals surface area contributed by atoms with E-state index in [1.54, 1.807) is 10.6 Å². The van der Waals surface area contributed by atoms with Gasteiger partial charge < -0.3 is 23.4 Å². The van der Waals surface area contributed by atoms with E-state index in [-0.39, 0.29) is 45.6 Å². The topological polar surface area (TPSA) is 29.5 Å². The van der Waals surface area contributed by atoms with Crippen molar-refractivity contribution in [2.24, 2.45) is 0 Å². The second-order valence-corrected chi connectivity index (χ2v) is 32.3. The Balaban J connectivity index is 0.982. The summed E-state index contributed by atoms with van der Waals surface area (Å²) in [4.78, 5) is 4.63. The van der Waals surface area contributed by atoms with Crippen LogP contribution in [0.5, 0.6) is 0 Å². The molecule has 21 rings (SSSR count). The Labute approximate surface area is 645 Å². The molecule has 3 aromatic heterocycles. The smallest absolute Gasteiger partial charge is 0.297 e. The summed E-state index contributed by atoms with van der Waals surface area (Å²) >= 11 is 0. The average Bonchev–Trinajstić information content (AvgIpc) is 1.66. The van der Waals surface area contributed by atoms with Gasteiger partial charge >= 0.3 is 0 Å². The van der Waals surface area contributed by atoms with Gasteiger partial charge in [-0.3, -0.25) is 0 Å². The number of anilines is 6. The highest BCUT2D eigenvalue weighted by Crippen LogP contribution is 2.57. The molecule has 2 aliphatic heterocycles. The Bertz CT molecular complexity index is 7410. The molecule has 0 radical (unpaired) electrons. The van der Waals surface area contributed by atoms with Crippen molar-refractivity contribution in [1.29, 1.82) is 0 Å². The van der Waals surface area contributed by atoms with E-state index in [4.69, 9.17) is 7.16 Å². The zero-order valence-corrected chi connectivity index (χ0v) is 61.4. The Morgan fingerprint density at radius 3 is 1.36 bits per heavy atom. The molecule has 0 N–H and O–H groups in total. The Hall–Kier alpha value is -12.6. The molecule has 0 saturated carbocycles. The largest absolute Gasteiger partial charge is 0.468 e. The molecule has 0 unspecified atom stereocenters. The van der Waals surface area contributed by atoms with Crippen LogP contribution in [0.15, 0.2) is 320 Å². The zero-order chi connectivity index (χ0) is 82.4. The van der Waals surface area contributed by atoms with Crippen LogP contribution in [0.4, 0.5) is 34.1 Å². The number of furan rings is 1. The number of fused-ring (bicyclic) bond motifs is 13. The molecular formula is C102H79BN4O. The molecule has 6 heteroatoms. The second kappa shape index (κ2) is 23.4. The van der Waals surface area contributed by atoms with Gasteiger partial charge in [0.05, 0.1) is 59.9 Å². The van der Waals surface area contributed by atoms with E-state index >= 15 is 0 Å². The number of para-hydroxylation sites is 3. The molecule has 0 amide bonds. The van der Waals surface area contributed by atoms with Crippen molar-refractivity contribution in [3.63, 3.8) is 0 Å². The van der Waals surface area contributed by atoms with Crippen LogP contribution in [0, 0.1) is 0 Å². The molecule has 0 saturated heterocycles. The third kappa shape index (κ3) is 9.58. The molecule has 2 aliphatic rings. The van der Waals surface area contributed by atoms with Crippen molar-refractivity contribution < 1.29 is 19.5 Å². The molecular weight excluding hydrogens is 1310 g/mol. The molecule has 0 fully saturated rings. The summed E-state index contributed by atoms with van der Waals surface area (Å²) in [7, 11) is 0. The lowest BCUT2D eigenvalue weighted by atomic mass is 9.35. The van der Waals surface area contributed by atoms with Crippen molar-refractivity contribution in [3.8, 4) is 55.9 Å². The minimum atomic E-state index is -1.08. The summed E-state index contributed by atoms with van der Waals surface area (Å²) in [6.07, 6.45) is 0. The number of benzene rings is 16. The van der Waals surface area contributed by atoms with Crippen LogP contribution >= 0.6 is 0 Å². The van der Waals surface area contributed by atoms with Gasteiger partial charge in [0.1, 0.15) is 5.58 Å². The number of hydrogen-bond donors (Lipinski definition) is 0. The molecule has 108 heavy (non-hydrogen) atoms. The van der Waals surface area contributed by atoms with Crippen molar-refractivity contribution in [2.45, 2.75) is 78.6 Å². The number of hydrogen-bond acceptors (Lipinski definition) is 3. The first-order valence-electron chi connectivity index (χ1n) is 42.8. The lowest BCUT2D eigenvalue weighted by Gasteiger charge is -2.45. The maximum absolute atomic E-state index is 12.0. The number of aromatic nitrogens is 2. The SMILES string of the molecule is [2H]c1c([2H])c(-n2c3ccccc3c3c4ccc5cccc6ccc(cc32)c4c65)c([2H])c2c1B1c3oc4ccc(-n5c6c([2H])c([2H])c([2H])c([2H])c6c6c([2H])c([2H])c([2H])c([2H])c65)cc4c3N(c3c(-c4ccccc4)cc(C(C)(C)C)cc3-c3ccccc3)c3cc(C(C)(C)C)cc(c31)N2c1c(-c2ccccc2)cc(C(C)(C)C)cc1-c1ccccc1. The second-order valence-electron chi connectivity index (χ2n) is 32.3. The highest BCUT2D eigenvalue weighted by atomic mass is 16.3. The zero-order valence-electron chi connectivity index (χ0n) is 72.4. The molecule has 0 atom stereocenters. The van der Waals surface area contributed by atoms with Gasteiger partial charge in [-0.15, -0.1) is 0 Å². The molecule has 5 heterocycles. The predicted octanol–water partition coefficient (Wildman–Crippen LogP) is 26.2. The lowest BCUT2D eigenvalue weighted by Crippen LogP contribution is -2.61. The van der Waals surface area contributed by atoms with Gasteiger partial charge in [0, 0.05) is 77.6 Å². The fourth-order valence-electron chi connectivity index (χ4n) is 17.5. The van der Waals surface area contributed by atoms with Crippen molar-refractivity contribution in [3.05, 3.63) is 332 Å². The van der Waals surface area contributed by atoms with E-state index in [0.29, 0.717) is 50.5 Å². The van der Waals surface area contributed by atoms with Gasteiger partial charge in [0.15, 0.2) is 0 Å². The normalized spacial score (nSPS) is 14.6. The van der Waals surface area contributed by atoms with Crippen LogP contribution in [-0.2, 0) is 16.2 Å². The highest BCUT2D eigenvalue weighted by molar-refractivity contribution is 7.00. The maximum Gasteiger partial charge on any atom is 0.297 e. The van der Waals surface area contributed by atoms with Crippen LogP contribution in [-0.4, -0.2) is 15.8 Å². The van der Waals surface area contributed by atoms with Crippen LogP contribution in [0.2, 0.25) is 0 Å². The van der Waals surface area contributed by atoms with Crippen LogP contribution in [0.3, 0.4) is 0 Å². The van der Waals surface area contributed by atoms with Crippen molar-refractivity contribution in [2.75, 3.05) is 9.80 Å². The molecule has 0 bridgehead atoms. The molecule has 0 aliphatic carbocycles. The summed E-state index contributed by atoms with van der Waals surface area (Å²) in [5.74, 6) is 0. The van der Waals surface area contributed by atoms with E-state index in [2.05, 4.69) is 271 Å². The van der Waals surface area contributed by atoms with Crippen LogP contribution < -0.4 is 26.4 Å². The van der Waals surface area contributed by atoms with E-state index in [1.807, 2.05) is 48.5 Å². The fourth-order valence-corrected chi connectivity index (χ4v) is 17.5. The third-order valence-electron chi connectivity index (χ3n) is 22.8. The molecule has 0 spiro atoms. The van der Waals surface area contributed by atoms with Crippen LogP contribution in [0.25, 0.3) is 143 Å². The maximum atomic E-state index is 12.0. The Morgan fingerprint density at radius 2 is 0.806 bits per heavy atom. The molecule has 16 aromatic carbocycles. The fraction of sp³-hybridized carbons (Fsp3) is 0.118. The summed E-state index contributed by atoms with van der Waals surface area (Å²) in [6, 6.07) is 82.5. The summed E-state index contributed by atoms with van der Waals surface area (Å²) in [5.41, 5.74) is 16.5. The quantitative estimate of drug-likeness (QED) is 0.112. The van der Waals surface area contributed by atoms with Gasteiger partial charge in [0.2, 0.25) is 0 Å². The summed E-state index contributed by atoms with van der Waals surface area (Å²) in [6.45, 7) is 19.0. The molecule has 5 nitrogen and oxygen atoms in total. The van der Waals surface area contributed by atoms with Gasteiger partial charge in [-0.25, -0.2) is 0 Å². The van der Waals surface area contributed by atoms with E-state index in [1.165, 1.54) is 0 Å². The van der Waals surface area contributed by atoms with Crippen molar-refractivity contribution in [1.82, 2.24) is 9.13 Å². The van der Waals surface area contributed by atoms with Crippen LogP contribution in [0.1, 0.15) is 94.1 Å². The van der Waals surface area contributed by atoms with E-state index < -0.39 is 71.3 Å². The Kier molecular flexibility index (Phi) is 11.5. The van der Waals surface area contributed by atoms with Gasteiger partial charge in [0.25, 0.3) is 6.71 Å². The minimum absolute atomic E-state index is 0.00150. The minimum Gasteiger partial charge on any atom is -0.468 e. The van der Waals surface area contributed by atoms with Gasteiger partial charge in [-0.2, -0.15) is 0 Å². The van der Waals surface area contributed by atoms with Gasteiger partial charge in [-0.05, 0) is 189 Å². The van der Waals surface area contributed by atoms with E-state index in [9.17, 15) is 12.3 Å².